The zero-order chi connectivity index (χ0) is 37.6. The lowest BCUT2D eigenvalue weighted by atomic mass is 9.74. The first-order valence-electron chi connectivity index (χ1n) is 18.4. The van der Waals surface area contributed by atoms with Crippen molar-refractivity contribution in [3.05, 3.63) is 203 Å². The molecule has 0 spiro atoms. The fourth-order valence-electron chi connectivity index (χ4n) is 8.16. The van der Waals surface area contributed by atoms with E-state index in [0.717, 1.165) is 44.8 Å². The Hall–Kier alpha value is -5.20. The van der Waals surface area contributed by atoms with Crippen LogP contribution in [0.4, 0.5) is 11.4 Å². The lowest BCUT2D eigenvalue weighted by Gasteiger charge is -2.56. The van der Waals surface area contributed by atoms with Gasteiger partial charge in [-0.05, 0) is 62.6 Å². The molecule has 0 saturated heterocycles. The van der Waals surface area contributed by atoms with Gasteiger partial charge in [0, 0.05) is 50.7 Å². The molecule has 0 aliphatic heterocycles. The van der Waals surface area contributed by atoms with Gasteiger partial charge >= 0.3 is 0 Å². The van der Waals surface area contributed by atoms with Crippen molar-refractivity contribution in [1.82, 2.24) is 9.80 Å². The predicted molar refractivity (Wildman–Crippen MR) is 223 cm³/mol. The second-order valence-electron chi connectivity index (χ2n) is 14.6. The van der Waals surface area contributed by atoms with Crippen LogP contribution in [0.25, 0.3) is 0 Å². The molecule has 272 valence electrons. The molecule has 2 atom stereocenters. The van der Waals surface area contributed by atoms with Gasteiger partial charge in [-0.1, -0.05) is 158 Å². The second kappa shape index (κ2) is 16.2. The molecule has 6 aromatic carbocycles. The average molecular weight is 703 g/mol. The molecule has 0 N–H and O–H groups in total. The lowest BCUT2D eigenvalue weighted by molar-refractivity contribution is -0.288. The fraction of sp³-hybridized carbons (Fsp3) is 0.250. The summed E-state index contributed by atoms with van der Waals surface area (Å²) in [6.07, 6.45) is 0. The Morgan fingerprint density at radius 1 is 0.340 bits per heavy atom. The van der Waals surface area contributed by atoms with Crippen molar-refractivity contribution in [3.63, 3.8) is 0 Å². The summed E-state index contributed by atoms with van der Waals surface area (Å²) in [5.74, 6) is -0.530. The van der Waals surface area contributed by atoms with Gasteiger partial charge in [-0.2, -0.15) is 0 Å². The van der Waals surface area contributed by atoms with E-state index in [1.807, 2.05) is 0 Å². The molecule has 5 nitrogen and oxygen atoms in total. The minimum absolute atomic E-state index is 0.265. The third-order valence-electron chi connectivity index (χ3n) is 10.5. The van der Waals surface area contributed by atoms with Crippen LogP contribution in [0.2, 0.25) is 0 Å². The molecule has 5 heteroatoms. The van der Waals surface area contributed by atoms with Gasteiger partial charge in [-0.3, -0.25) is 9.80 Å². The highest BCUT2D eigenvalue weighted by molar-refractivity contribution is 5.60. The van der Waals surface area contributed by atoms with Crippen molar-refractivity contribution < 1.29 is 4.74 Å². The highest BCUT2D eigenvalue weighted by Gasteiger charge is 2.57. The largest absolute Gasteiger partial charge is 0.377 e. The Bertz CT molecular complexity index is 1810. The van der Waals surface area contributed by atoms with Crippen LogP contribution in [0.15, 0.2) is 170 Å². The molecule has 0 radical (unpaired) electrons. The number of likely N-dealkylation sites (N-methyl/N-ethyl adjacent to an activating group) is 2. The standard InChI is InChI=1S/C48H54N4O/c1-49(2)43-35-23-21-33-41(43)47(51(5)6,45(37-25-13-9-14-26-37)38-27-15-10-16-28-38)53-48(52(7)8,42-34-22-24-36-44(42)50(3)4)46(39-29-17-11-18-30-39)40-31-19-12-20-32-40/h9-36,45-46H,1-8H3. The number of benzene rings is 6. The van der Waals surface area contributed by atoms with E-state index in [4.69, 9.17) is 4.74 Å². The van der Waals surface area contributed by atoms with Crippen LogP contribution in [0.1, 0.15) is 45.2 Å². The maximum atomic E-state index is 8.64. The fourth-order valence-corrected chi connectivity index (χ4v) is 8.16. The highest BCUT2D eigenvalue weighted by atomic mass is 16.6. The van der Waals surface area contributed by atoms with E-state index in [1.165, 1.54) is 0 Å². The van der Waals surface area contributed by atoms with E-state index < -0.39 is 11.4 Å². The molecule has 53 heavy (non-hydrogen) atoms. The molecular formula is C48H54N4O. The van der Waals surface area contributed by atoms with E-state index in [0.29, 0.717) is 0 Å². The van der Waals surface area contributed by atoms with Gasteiger partial charge in [0.2, 0.25) is 0 Å². The van der Waals surface area contributed by atoms with Crippen molar-refractivity contribution in [2.45, 2.75) is 23.3 Å². The van der Waals surface area contributed by atoms with E-state index in [-0.39, 0.29) is 11.8 Å². The Morgan fingerprint density at radius 2 is 0.585 bits per heavy atom. The van der Waals surface area contributed by atoms with Gasteiger partial charge in [-0.15, -0.1) is 0 Å². The molecule has 0 aliphatic carbocycles. The van der Waals surface area contributed by atoms with Crippen LogP contribution in [-0.2, 0) is 16.2 Å². The van der Waals surface area contributed by atoms with E-state index >= 15 is 0 Å². The topological polar surface area (TPSA) is 22.2 Å². The smallest absolute Gasteiger partial charge is 0.163 e. The summed E-state index contributed by atoms with van der Waals surface area (Å²) in [6.45, 7) is 0. The molecular weight excluding hydrogens is 649 g/mol. The van der Waals surface area contributed by atoms with Gasteiger partial charge in [0.05, 0.1) is 11.8 Å². The Morgan fingerprint density at radius 3 is 0.830 bits per heavy atom. The molecule has 0 aliphatic rings. The molecule has 6 rings (SSSR count). The summed E-state index contributed by atoms with van der Waals surface area (Å²) in [4.78, 5) is 9.04. The summed E-state index contributed by atoms with van der Waals surface area (Å²) in [5, 5.41) is 0. The quantitative estimate of drug-likeness (QED) is 0.105. The van der Waals surface area contributed by atoms with Crippen molar-refractivity contribution in [2.24, 2.45) is 0 Å². The zero-order valence-electron chi connectivity index (χ0n) is 32.5. The lowest BCUT2D eigenvalue weighted by Crippen LogP contribution is -2.60. The number of anilines is 2. The first-order valence-corrected chi connectivity index (χ1v) is 18.4. The molecule has 6 aromatic rings. The van der Waals surface area contributed by atoms with Crippen molar-refractivity contribution in [1.29, 1.82) is 0 Å². The summed E-state index contributed by atoms with van der Waals surface area (Å²) in [5.41, 5.74) is 6.77. The molecule has 0 saturated carbocycles. The molecule has 0 amide bonds. The van der Waals surface area contributed by atoms with Crippen molar-refractivity contribution >= 4 is 11.4 Å². The summed E-state index contributed by atoms with van der Waals surface area (Å²) >= 11 is 0. The van der Waals surface area contributed by atoms with E-state index in [2.05, 4.69) is 246 Å². The maximum absolute atomic E-state index is 8.64. The predicted octanol–water partition coefficient (Wildman–Crippen LogP) is 9.63. The van der Waals surface area contributed by atoms with E-state index in [9.17, 15) is 0 Å². The molecule has 0 bridgehead atoms. The van der Waals surface area contributed by atoms with Crippen LogP contribution in [0.3, 0.4) is 0 Å². The minimum atomic E-state index is -1.09. The number of hydrogen-bond donors (Lipinski definition) is 0. The minimum Gasteiger partial charge on any atom is -0.377 e. The molecule has 0 aromatic heterocycles. The zero-order valence-corrected chi connectivity index (χ0v) is 32.5. The SMILES string of the molecule is CN(C)c1ccccc1C(OC(c1ccccc1N(C)C)(C(c1ccccc1)c1ccccc1)N(C)C)(C(c1ccccc1)c1ccccc1)N(C)C. The van der Waals surface area contributed by atoms with Crippen LogP contribution >= 0.6 is 0 Å². The average Bonchev–Trinajstić information content (AvgIpc) is 3.18. The summed E-state index contributed by atoms with van der Waals surface area (Å²) < 4.78 is 8.64. The van der Waals surface area contributed by atoms with Crippen LogP contribution in [-0.4, -0.2) is 66.2 Å². The van der Waals surface area contributed by atoms with Crippen molar-refractivity contribution in [3.8, 4) is 0 Å². The van der Waals surface area contributed by atoms with E-state index in [1.54, 1.807) is 0 Å². The number of nitrogens with zero attached hydrogens (tertiary/aromatic N) is 4. The molecule has 0 fully saturated rings. The number of hydrogen-bond acceptors (Lipinski definition) is 5. The Labute approximate surface area is 317 Å². The maximum Gasteiger partial charge on any atom is 0.163 e. The highest BCUT2D eigenvalue weighted by Crippen LogP contribution is 2.57. The monoisotopic (exact) mass is 702 g/mol. The van der Waals surface area contributed by atoms with Crippen LogP contribution < -0.4 is 9.80 Å². The molecule has 0 heterocycles. The van der Waals surface area contributed by atoms with Gasteiger partial charge in [0.15, 0.2) is 11.4 Å². The Kier molecular flexibility index (Phi) is 11.5. The Balaban J connectivity index is 1.85. The number of para-hydroxylation sites is 2. The van der Waals surface area contributed by atoms with Crippen LogP contribution in [0.5, 0.6) is 0 Å². The van der Waals surface area contributed by atoms with Gasteiger partial charge in [-0.25, -0.2) is 0 Å². The van der Waals surface area contributed by atoms with Gasteiger partial charge in [0.1, 0.15) is 0 Å². The molecule has 2 unspecified atom stereocenters. The number of rotatable bonds is 14. The van der Waals surface area contributed by atoms with Crippen LogP contribution in [0, 0.1) is 0 Å². The first kappa shape index (κ1) is 37.6. The summed E-state index contributed by atoms with van der Waals surface area (Å²) in [7, 11) is 17.2. The third-order valence-corrected chi connectivity index (χ3v) is 10.5. The van der Waals surface area contributed by atoms with Crippen molar-refractivity contribution in [2.75, 3.05) is 66.2 Å². The second-order valence-corrected chi connectivity index (χ2v) is 14.6. The third kappa shape index (κ3) is 7.13. The summed E-state index contributed by atoms with van der Waals surface area (Å²) in [6, 6.07) is 60.9. The van der Waals surface area contributed by atoms with Gasteiger partial charge in [0.25, 0.3) is 0 Å². The van der Waals surface area contributed by atoms with Gasteiger partial charge < -0.3 is 14.5 Å². The normalized spacial score (nSPS) is 14.0. The number of ether oxygens (including phenoxy) is 1. The first-order chi connectivity index (χ1) is 25.6.